The molecular weight excluding hydrogens is 459 g/mol. The number of aliphatic hydroxyl groups excluding tert-OH is 2. The smallest absolute Gasteiger partial charge is 0.360 e. The second-order valence-electron chi connectivity index (χ2n) is 9.05. The lowest BCUT2D eigenvalue weighted by molar-refractivity contribution is 0.0458. The van der Waals surface area contributed by atoms with E-state index in [1.807, 2.05) is 0 Å². The van der Waals surface area contributed by atoms with E-state index >= 15 is 0 Å². The molecule has 2 N–H and O–H groups in total. The van der Waals surface area contributed by atoms with Gasteiger partial charge in [-0.1, -0.05) is 50.0 Å². The Balaban J connectivity index is 3.49. The molecule has 7 nitrogen and oxygen atoms in total. The first-order valence-electron chi connectivity index (χ1n) is 11.2. The zero-order valence-corrected chi connectivity index (χ0v) is 22.6. The second kappa shape index (κ2) is 13.4. The van der Waals surface area contributed by atoms with Gasteiger partial charge in [0.15, 0.2) is 0 Å². The summed E-state index contributed by atoms with van der Waals surface area (Å²) in [5.41, 5.74) is 1.07. The van der Waals surface area contributed by atoms with Crippen molar-refractivity contribution in [3.05, 3.63) is 59.1 Å². The lowest BCUT2D eigenvalue weighted by atomic mass is 9.91. The lowest BCUT2D eigenvalue weighted by Gasteiger charge is -2.29. The van der Waals surface area contributed by atoms with Crippen molar-refractivity contribution >= 4 is 21.6 Å². The molecule has 0 aromatic heterocycles. The number of carbonyl (C=O) groups is 1. The second-order valence-corrected chi connectivity index (χ2v) is 16.7. The van der Waals surface area contributed by atoms with Crippen molar-refractivity contribution in [2.75, 3.05) is 19.8 Å². The fourth-order valence-electron chi connectivity index (χ4n) is 3.42. The highest BCUT2D eigenvalue weighted by atomic mass is 31.2. The van der Waals surface area contributed by atoms with Crippen LogP contribution in [-0.4, -0.2) is 50.2 Å². The average Bonchev–Trinajstić information content (AvgIpc) is 2.75. The lowest BCUT2D eigenvalue weighted by Crippen LogP contribution is -2.30. The summed E-state index contributed by atoms with van der Waals surface area (Å²) in [6, 6.07) is 9.15. The molecule has 0 unspecified atom stereocenters. The Morgan fingerprint density at radius 3 is 2.12 bits per heavy atom. The summed E-state index contributed by atoms with van der Waals surface area (Å²) in [5.74, 6) is -1.15. The van der Waals surface area contributed by atoms with Crippen molar-refractivity contribution < 1.29 is 33.4 Å². The number of rotatable bonds is 14. The van der Waals surface area contributed by atoms with E-state index in [1.165, 1.54) is 0 Å². The first-order chi connectivity index (χ1) is 15.4. The molecule has 0 amide bonds. The van der Waals surface area contributed by atoms with Gasteiger partial charge in [0, 0.05) is 20.4 Å². The molecule has 2 atom stereocenters. The number of aliphatic hydroxyl groups is 2. The van der Waals surface area contributed by atoms with E-state index in [1.54, 1.807) is 51.1 Å². The highest BCUT2D eigenvalue weighted by Gasteiger charge is 2.34. The van der Waals surface area contributed by atoms with Crippen LogP contribution in [0.3, 0.4) is 0 Å². The van der Waals surface area contributed by atoms with E-state index < -0.39 is 40.3 Å². The van der Waals surface area contributed by atoms with Crippen molar-refractivity contribution in [3.63, 3.8) is 0 Å². The van der Waals surface area contributed by atoms with Crippen molar-refractivity contribution in [1.29, 1.82) is 0 Å². The van der Waals surface area contributed by atoms with E-state index in [9.17, 15) is 19.6 Å². The quantitative estimate of drug-likeness (QED) is 0.113. The van der Waals surface area contributed by atoms with Gasteiger partial charge in [-0.2, -0.15) is 0 Å². The van der Waals surface area contributed by atoms with E-state index in [0.29, 0.717) is 11.6 Å². The molecule has 0 radical (unpaired) electrons. The maximum atomic E-state index is 13.5. The van der Waals surface area contributed by atoms with Crippen LogP contribution in [0.4, 0.5) is 0 Å². The van der Waals surface area contributed by atoms with Crippen LogP contribution in [0, 0.1) is 5.92 Å². The largest absolute Gasteiger partial charge is 0.427 e. The van der Waals surface area contributed by atoms with E-state index in [4.69, 9.17) is 13.8 Å². The summed E-state index contributed by atoms with van der Waals surface area (Å²) >= 11 is 0. The zero-order valence-electron chi connectivity index (χ0n) is 20.7. The van der Waals surface area contributed by atoms with Crippen molar-refractivity contribution in [1.82, 2.24) is 0 Å². The van der Waals surface area contributed by atoms with Gasteiger partial charge in [0.25, 0.3) is 0 Å². The monoisotopic (exact) mass is 498 g/mol. The van der Waals surface area contributed by atoms with Crippen LogP contribution in [0.5, 0.6) is 0 Å². The molecule has 0 bridgehead atoms. The van der Waals surface area contributed by atoms with Crippen molar-refractivity contribution in [3.8, 4) is 0 Å². The third-order valence-electron chi connectivity index (χ3n) is 4.98. The van der Waals surface area contributed by atoms with Gasteiger partial charge in [-0.05, 0) is 38.9 Å². The molecule has 1 aromatic carbocycles. The Kier molecular flexibility index (Phi) is 11.9. The standard InChI is InChI=1S/C24H39O7PSi/c1-8-29-32(28,30-9-2)19(4)23(31-24(27)20-13-11-10-12-14-20)15-21(22(26)16-25)18(3)17-33(5,6)7/h10-14,21-22,25-26H,3,8-9,15-17H2,1-2,4-7H3/b23-19+/t21-,22-/m1/s1. The number of ether oxygens (including phenoxy) is 1. The predicted molar refractivity (Wildman–Crippen MR) is 134 cm³/mol. The van der Waals surface area contributed by atoms with E-state index in [2.05, 4.69) is 26.2 Å². The molecule has 0 saturated carbocycles. The normalized spacial score (nSPS) is 14.9. The maximum absolute atomic E-state index is 13.5. The molecule has 0 spiro atoms. The topological polar surface area (TPSA) is 102 Å². The molecule has 33 heavy (non-hydrogen) atoms. The molecule has 0 fully saturated rings. The van der Waals surface area contributed by atoms with Gasteiger partial charge in [-0.3, -0.25) is 4.57 Å². The fraction of sp³-hybridized carbons (Fsp3) is 0.542. The van der Waals surface area contributed by atoms with Crippen LogP contribution in [0.2, 0.25) is 25.7 Å². The minimum atomic E-state index is -3.74. The van der Waals surface area contributed by atoms with Crippen LogP contribution in [0.25, 0.3) is 0 Å². The summed E-state index contributed by atoms with van der Waals surface area (Å²) < 4.78 is 30.1. The molecule has 9 heteroatoms. The molecule has 0 aliphatic carbocycles. The van der Waals surface area contributed by atoms with Crippen LogP contribution >= 0.6 is 7.60 Å². The van der Waals surface area contributed by atoms with Gasteiger partial charge in [0.2, 0.25) is 0 Å². The molecule has 1 rings (SSSR count). The number of hydrogen-bond donors (Lipinski definition) is 2. The number of allylic oxidation sites excluding steroid dienone is 2. The average molecular weight is 499 g/mol. The van der Waals surface area contributed by atoms with Crippen LogP contribution in [0.15, 0.2) is 53.6 Å². The Labute approximate surface area is 199 Å². The number of hydrogen-bond acceptors (Lipinski definition) is 7. The predicted octanol–water partition coefficient (Wildman–Crippen LogP) is 5.59. The summed E-state index contributed by atoms with van der Waals surface area (Å²) in [4.78, 5) is 12.9. The molecule has 0 saturated heterocycles. The molecular formula is C24H39O7PSi. The fourth-order valence-corrected chi connectivity index (χ4v) is 6.63. The van der Waals surface area contributed by atoms with Crippen LogP contribution < -0.4 is 0 Å². The third-order valence-corrected chi connectivity index (χ3v) is 8.76. The number of esters is 1. The molecule has 1 aromatic rings. The Morgan fingerprint density at radius 2 is 1.67 bits per heavy atom. The summed E-state index contributed by atoms with van der Waals surface area (Å²) in [5, 5.41) is 20.4. The maximum Gasteiger partial charge on any atom is 0.360 e. The third kappa shape index (κ3) is 9.31. The Bertz CT molecular complexity index is 851. The summed E-state index contributed by atoms with van der Waals surface area (Å²) in [6.45, 7) is 15.4. The Hall–Kier alpha value is -1.54. The minimum absolute atomic E-state index is 0.0135. The first kappa shape index (κ1) is 29.5. The summed E-state index contributed by atoms with van der Waals surface area (Å²) in [7, 11) is -5.33. The Morgan fingerprint density at radius 1 is 1.12 bits per heavy atom. The van der Waals surface area contributed by atoms with E-state index in [0.717, 1.165) is 5.57 Å². The van der Waals surface area contributed by atoms with Gasteiger partial charge in [0.1, 0.15) is 5.76 Å². The van der Waals surface area contributed by atoms with Crippen LogP contribution in [-0.2, 0) is 18.3 Å². The molecule has 0 aliphatic rings. The molecule has 0 aliphatic heterocycles. The number of benzene rings is 1. The number of carbonyl (C=O) groups excluding carboxylic acids is 1. The van der Waals surface area contributed by atoms with Crippen LogP contribution in [0.1, 0.15) is 37.6 Å². The highest BCUT2D eigenvalue weighted by molar-refractivity contribution is 7.58. The van der Waals surface area contributed by atoms with Crippen molar-refractivity contribution in [2.24, 2.45) is 5.92 Å². The SMILES string of the molecule is C=C(C[Si](C)(C)C)[C@@H](C/C(OC(=O)c1ccccc1)=C(/C)P(=O)(OCC)OCC)[C@H](O)CO. The van der Waals surface area contributed by atoms with Gasteiger partial charge in [-0.25, -0.2) is 4.79 Å². The molecule has 0 heterocycles. The van der Waals surface area contributed by atoms with Gasteiger partial charge in [0.05, 0.1) is 36.8 Å². The molecule has 186 valence electrons. The first-order valence-corrected chi connectivity index (χ1v) is 16.5. The summed E-state index contributed by atoms with van der Waals surface area (Å²) in [6.07, 6.45) is -1.11. The van der Waals surface area contributed by atoms with Gasteiger partial charge in [-0.15, -0.1) is 0 Å². The van der Waals surface area contributed by atoms with Gasteiger partial charge >= 0.3 is 13.6 Å². The zero-order chi connectivity index (χ0) is 25.2. The van der Waals surface area contributed by atoms with Gasteiger partial charge < -0.3 is 24.0 Å². The minimum Gasteiger partial charge on any atom is -0.427 e. The highest BCUT2D eigenvalue weighted by Crippen LogP contribution is 2.57. The van der Waals surface area contributed by atoms with E-state index in [-0.39, 0.29) is 30.7 Å². The van der Waals surface area contributed by atoms with Crippen molar-refractivity contribution in [2.45, 2.75) is 59.0 Å².